The number of nitrogens with one attached hydrogen (secondary N) is 3. The Kier molecular flexibility index (Phi) is 8.52. The summed E-state index contributed by atoms with van der Waals surface area (Å²) < 4.78 is 5.94. The first-order valence-electron chi connectivity index (χ1n) is 9.94. The number of hydrogen-bond donors (Lipinski definition) is 3. The number of rotatable bonds is 8. The number of guanidine groups is 1. The first-order chi connectivity index (χ1) is 13.9. The molecule has 0 aliphatic rings. The highest BCUT2D eigenvalue weighted by Crippen LogP contribution is 2.21. The number of carbonyl (C=O) groups excluding carboxylic acids is 1. The Hall–Kier alpha value is -3.02. The van der Waals surface area contributed by atoms with E-state index in [0.717, 1.165) is 29.3 Å². The summed E-state index contributed by atoms with van der Waals surface area (Å²) in [6, 6.07) is 13.9. The summed E-state index contributed by atoms with van der Waals surface area (Å²) in [5.41, 5.74) is 4.03. The minimum absolute atomic E-state index is 0.0743. The van der Waals surface area contributed by atoms with E-state index >= 15 is 0 Å². The molecule has 0 saturated heterocycles. The summed E-state index contributed by atoms with van der Waals surface area (Å²) in [4.78, 5) is 16.1. The standard InChI is InChI=1S/C23H32N4O2/c1-16(2)29-21-13-17(3)9-10-20(21)15-27-23(25-5)26-12-11-18-7-6-8-19(14-18)22(28)24-4/h6-10,13-14,16H,11-12,15H2,1-5H3,(H,24,28)(H2,25,26,27). The lowest BCUT2D eigenvalue weighted by Crippen LogP contribution is -2.38. The molecule has 0 radical (unpaired) electrons. The van der Waals surface area contributed by atoms with Crippen molar-refractivity contribution in [2.45, 2.75) is 39.8 Å². The molecule has 0 aliphatic heterocycles. The van der Waals surface area contributed by atoms with E-state index in [4.69, 9.17) is 4.74 Å². The molecule has 0 bridgehead atoms. The van der Waals surface area contributed by atoms with Crippen LogP contribution in [0.3, 0.4) is 0 Å². The van der Waals surface area contributed by atoms with E-state index in [1.54, 1.807) is 14.1 Å². The second-order valence-electron chi connectivity index (χ2n) is 7.16. The number of ether oxygens (including phenoxy) is 1. The van der Waals surface area contributed by atoms with Gasteiger partial charge < -0.3 is 20.7 Å². The first kappa shape index (κ1) is 22.3. The van der Waals surface area contributed by atoms with Gasteiger partial charge in [-0.15, -0.1) is 0 Å². The van der Waals surface area contributed by atoms with Crippen LogP contribution in [0.1, 0.15) is 40.9 Å². The summed E-state index contributed by atoms with van der Waals surface area (Å²) in [6.45, 7) is 7.44. The topological polar surface area (TPSA) is 74.8 Å². The largest absolute Gasteiger partial charge is 0.491 e. The molecule has 6 nitrogen and oxygen atoms in total. The first-order valence-corrected chi connectivity index (χ1v) is 9.94. The maximum atomic E-state index is 11.8. The molecule has 2 aromatic carbocycles. The highest BCUT2D eigenvalue weighted by atomic mass is 16.5. The molecule has 0 fully saturated rings. The van der Waals surface area contributed by atoms with E-state index in [1.807, 2.05) is 38.1 Å². The van der Waals surface area contributed by atoms with E-state index < -0.39 is 0 Å². The minimum Gasteiger partial charge on any atom is -0.491 e. The predicted molar refractivity (Wildman–Crippen MR) is 119 cm³/mol. The van der Waals surface area contributed by atoms with Crippen LogP contribution >= 0.6 is 0 Å². The van der Waals surface area contributed by atoms with Gasteiger partial charge in [-0.2, -0.15) is 0 Å². The van der Waals surface area contributed by atoms with Crippen molar-refractivity contribution in [1.29, 1.82) is 0 Å². The second-order valence-corrected chi connectivity index (χ2v) is 7.16. The minimum atomic E-state index is -0.0743. The number of aryl methyl sites for hydroxylation is 1. The molecular formula is C23H32N4O2. The number of benzene rings is 2. The Morgan fingerprint density at radius 3 is 2.62 bits per heavy atom. The summed E-state index contributed by atoms with van der Waals surface area (Å²) >= 11 is 0. The molecule has 0 saturated carbocycles. The van der Waals surface area contributed by atoms with Crippen LogP contribution < -0.4 is 20.7 Å². The van der Waals surface area contributed by atoms with Crippen molar-refractivity contribution in [3.8, 4) is 5.75 Å². The molecule has 1 amide bonds. The van der Waals surface area contributed by atoms with Crippen molar-refractivity contribution >= 4 is 11.9 Å². The van der Waals surface area contributed by atoms with E-state index in [9.17, 15) is 4.79 Å². The van der Waals surface area contributed by atoms with Crippen LogP contribution in [-0.2, 0) is 13.0 Å². The van der Waals surface area contributed by atoms with Gasteiger partial charge in [-0.3, -0.25) is 9.79 Å². The van der Waals surface area contributed by atoms with Crippen LogP contribution in [0.15, 0.2) is 47.5 Å². The average Bonchev–Trinajstić information content (AvgIpc) is 2.70. The van der Waals surface area contributed by atoms with Gasteiger partial charge >= 0.3 is 0 Å². The van der Waals surface area contributed by atoms with Crippen LogP contribution in [0.4, 0.5) is 0 Å². The van der Waals surface area contributed by atoms with Crippen molar-refractivity contribution < 1.29 is 9.53 Å². The Balaban J connectivity index is 1.90. The molecule has 2 rings (SSSR count). The van der Waals surface area contributed by atoms with Crippen LogP contribution in [0.5, 0.6) is 5.75 Å². The van der Waals surface area contributed by atoms with E-state index in [1.165, 1.54) is 5.56 Å². The zero-order valence-electron chi connectivity index (χ0n) is 18.0. The summed E-state index contributed by atoms with van der Waals surface area (Å²) in [7, 11) is 3.39. The smallest absolute Gasteiger partial charge is 0.251 e. The number of amides is 1. The zero-order chi connectivity index (χ0) is 21.2. The third kappa shape index (κ3) is 7.14. The number of aliphatic imine (C=N–C) groups is 1. The summed E-state index contributed by atoms with van der Waals surface area (Å²) in [6.07, 6.45) is 0.913. The second kappa shape index (κ2) is 11.1. The lowest BCUT2D eigenvalue weighted by molar-refractivity contribution is 0.0963. The van der Waals surface area contributed by atoms with Gasteiger partial charge in [0, 0.05) is 38.3 Å². The number of nitrogens with zero attached hydrogens (tertiary/aromatic N) is 1. The third-order valence-corrected chi connectivity index (χ3v) is 4.38. The predicted octanol–water partition coefficient (Wildman–Crippen LogP) is 3.05. The fraction of sp³-hybridized carbons (Fsp3) is 0.391. The number of hydrogen-bond acceptors (Lipinski definition) is 3. The molecule has 3 N–H and O–H groups in total. The van der Waals surface area contributed by atoms with Gasteiger partial charge in [-0.25, -0.2) is 0 Å². The lowest BCUT2D eigenvalue weighted by atomic mass is 10.1. The van der Waals surface area contributed by atoms with Crippen LogP contribution in [0.25, 0.3) is 0 Å². The van der Waals surface area contributed by atoms with Gasteiger partial charge in [0.2, 0.25) is 0 Å². The monoisotopic (exact) mass is 396 g/mol. The average molecular weight is 397 g/mol. The van der Waals surface area contributed by atoms with Crippen molar-refractivity contribution in [3.05, 3.63) is 64.7 Å². The molecule has 2 aromatic rings. The Morgan fingerprint density at radius 1 is 1.14 bits per heavy atom. The molecule has 0 atom stereocenters. The van der Waals surface area contributed by atoms with Crippen molar-refractivity contribution in [3.63, 3.8) is 0 Å². The van der Waals surface area contributed by atoms with Crippen molar-refractivity contribution in [2.24, 2.45) is 4.99 Å². The van der Waals surface area contributed by atoms with Crippen molar-refractivity contribution in [1.82, 2.24) is 16.0 Å². The molecule has 6 heteroatoms. The molecule has 0 aromatic heterocycles. The fourth-order valence-corrected chi connectivity index (χ4v) is 2.91. The Bertz CT molecular complexity index is 847. The van der Waals surface area contributed by atoms with Gasteiger partial charge in [-0.05, 0) is 56.5 Å². The molecule has 156 valence electrons. The zero-order valence-corrected chi connectivity index (χ0v) is 18.0. The quantitative estimate of drug-likeness (QED) is 0.474. The molecule has 0 unspecified atom stereocenters. The van der Waals surface area contributed by atoms with Crippen molar-refractivity contribution in [2.75, 3.05) is 20.6 Å². The van der Waals surface area contributed by atoms with Gasteiger partial charge in [0.05, 0.1) is 6.10 Å². The van der Waals surface area contributed by atoms with E-state index in [0.29, 0.717) is 18.7 Å². The van der Waals surface area contributed by atoms with E-state index in [-0.39, 0.29) is 12.0 Å². The van der Waals surface area contributed by atoms with Crippen LogP contribution in [0, 0.1) is 6.92 Å². The summed E-state index contributed by atoms with van der Waals surface area (Å²) in [5.74, 6) is 1.55. The van der Waals surface area contributed by atoms with Gasteiger partial charge in [0.1, 0.15) is 5.75 Å². The fourth-order valence-electron chi connectivity index (χ4n) is 2.91. The van der Waals surface area contributed by atoms with Crippen LogP contribution in [0.2, 0.25) is 0 Å². The molecular weight excluding hydrogens is 364 g/mol. The van der Waals surface area contributed by atoms with Gasteiger partial charge in [0.15, 0.2) is 5.96 Å². The Labute approximate surface area is 173 Å². The van der Waals surface area contributed by atoms with E-state index in [2.05, 4.69) is 46.1 Å². The van der Waals surface area contributed by atoms with Gasteiger partial charge in [0.25, 0.3) is 5.91 Å². The molecule has 0 aliphatic carbocycles. The number of carbonyl (C=O) groups is 1. The summed E-state index contributed by atoms with van der Waals surface area (Å²) in [5, 5.41) is 9.31. The Morgan fingerprint density at radius 2 is 1.93 bits per heavy atom. The highest BCUT2D eigenvalue weighted by Gasteiger charge is 2.08. The normalized spacial score (nSPS) is 11.3. The highest BCUT2D eigenvalue weighted by molar-refractivity contribution is 5.94. The lowest BCUT2D eigenvalue weighted by Gasteiger charge is -2.17. The van der Waals surface area contributed by atoms with Crippen LogP contribution in [-0.4, -0.2) is 38.6 Å². The molecule has 0 heterocycles. The SMILES string of the molecule is CN=C(NCCc1cccc(C(=O)NC)c1)NCc1ccc(C)cc1OC(C)C. The molecule has 29 heavy (non-hydrogen) atoms. The maximum Gasteiger partial charge on any atom is 0.251 e. The molecule has 0 spiro atoms. The maximum absolute atomic E-state index is 11.8. The third-order valence-electron chi connectivity index (χ3n) is 4.38. The van der Waals surface area contributed by atoms with Gasteiger partial charge in [-0.1, -0.05) is 24.3 Å².